The molecule has 0 spiro atoms. The second-order valence-corrected chi connectivity index (χ2v) is 5.09. The molecule has 2 aromatic rings. The number of rotatable bonds is 3. The molecule has 1 aliphatic rings. The number of hydrogen-bond acceptors (Lipinski definition) is 2. The maximum atomic E-state index is 6.17. The highest BCUT2D eigenvalue weighted by Crippen LogP contribution is 2.45. The van der Waals surface area contributed by atoms with Crippen LogP contribution in [0.4, 0.5) is 5.82 Å². The van der Waals surface area contributed by atoms with E-state index in [1.165, 1.54) is 29.7 Å². The van der Waals surface area contributed by atoms with E-state index in [9.17, 15) is 0 Å². The van der Waals surface area contributed by atoms with Crippen LogP contribution in [-0.4, -0.2) is 9.78 Å². The summed E-state index contributed by atoms with van der Waals surface area (Å²) < 4.78 is 1.80. The molecule has 1 saturated carbocycles. The molecule has 0 unspecified atom stereocenters. The van der Waals surface area contributed by atoms with E-state index in [1.54, 1.807) is 4.68 Å². The highest BCUT2D eigenvalue weighted by Gasteiger charge is 2.31. The lowest BCUT2D eigenvalue weighted by Gasteiger charge is -2.04. The lowest BCUT2D eigenvalue weighted by molar-refractivity contribution is 0.753. The molecule has 2 N–H and O–H groups in total. The third-order valence-corrected chi connectivity index (χ3v) is 3.73. The molecule has 0 amide bonds. The number of aryl methyl sites for hydroxylation is 2. The molecular formula is C15H19N3. The Morgan fingerprint density at radius 2 is 1.94 bits per heavy atom. The van der Waals surface area contributed by atoms with Crippen LogP contribution in [0.15, 0.2) is 24.3 Å². The number of aromatic nitrogens is 2. The van der Waals surface area contributed by atoms with Gasteiger partial charge in [-0.2, -0.15) is 5.10 Å². The van der Waals surface area contributed by atoms with Crippen LogP contribution in [0.1, 0.15) is 36.9 Å². The Kier molecular flexibility index (Phi) is 2.62. The second-order valence-electron chi connectivity index (χ2n) is 5.09. The van der Waals surface area contributed by atoms with Crippen molar-refractivity contribution in [3.8, 4) is 11.1 Å². The zero-order valence-corrected chi connectivity index (χ0v) is 11.0. The molecule has 0 atom stereocenters. The normalized spacial score (nSPS) is 15.0. The molecule has 94 valence electrons. The van der Waals surface area contributed by atoms with E-state index >= 15 is 0 Å². The van der Waals surface area contributed by atoms with Crippen molar-refractivity contribution in [3.05, 3.63) is 35.5 Å². The van der Waals surface area contributed by atoms with E-state index < -0.39 is 0 Å². The van der Waals surface area contributed by atoms with Gasteiger partial charge in [0.25, 0.3) is 0 Å². The number of anilines is 1. The SMILES string of the molecule is CCc1ccc(-c2c(C3CC3)nn(C)c2N)cc1. The first kappa shape index (κ1) is 11.3. The molecule has 3 nitrogen and oxygen atoms in total. The summed E-state index contributed by atoms with van der Waals surface area (Å²) in [4.78, 5) is 0. The molecule has 1 aliphatic carbocycles. The fourth-order valence-electron chi connectivity index (χ4n) is 2.40. The van der Waals surface area contributed by atoms with E-state index in [0.717, 1.165) is 17.8 Å². The highest BCUT2D eigenvalue weighted by atomic mass is 15.3. The first-order chi connectivity index (χ1) is 8.70. The van der Waals surface area contributed by atoms with E-state index in [2.05, 4.69) is 36.3 Å². The van der Waals surface area contributed by atoms with Crippen LogP contribution in [-0.2, 0) is 13.5 Å². The van der Waals surface area contributed by atoms with Crippen LogP contribution in [0.5, 0.6) is 0 Å². The number of nitrogens with zero attached hydrogens (tertiary/aromatic N) is 2. The Bertz CT molecular complexity index is 562. The van der Waals surface area contributed by atoms with Gasteiger partial charge in [-0.15, -0.1) is 0 Å². The monoisotopic (exact) mass is 241 g/mol. The van der Waals surface area contributed by atoms with Gasteiger partial charge in [-0.05, 0) is 30.4 Å². The minimum atomic E-state index is 0.620. The van der Waals surface area contributed by atoms with Gasteiger partial charge in [0.05, 0.1) is 5.69 Å². The number of benzene rings is 1. The fourth-order valence-corrected chi connectivity index (χ4v) is 2.40. The molecule has 1 fully saturated rings. The second kappa shape index (κ2) is 4.16. The zero-order chi connectivity index (χ0) is 12.7. The average Bonchev–Trinajstić information content (AvgIpc) is 3.18. The Labute approximate surface area is 108 Å². The first-order valence-electron chi connectivity index (χ1n) is 6.62. The standard InChI is InChI=1S/C15H19N3/c1-3-10-4-6-11(7-5-10)13-14(12-8-9-12)17-18(2)15(13)16/h4-7,12H,3,8-9,16H2,1-2H3. The van der Waals surface area contributed by atoms with E-state index in [1.807, 2.05) is 7.05 Å². The van der Waals surface area contributed by atoms with Gasteiger partial charge in [-0.25, -0.2) is 0 Å². The Hall–Kier alpha value is -1.77. The van der Waals surface area contributed by atoms with E-state index in [0.29, 0.717) is 5.92 Å². The van der Waals surface area contributed by atoms with Crippen molar-refractivity contribution in [2.45, 2.75) is 32.1 Å². The molecule has 0 bridgehead atoms. The molecule has 1 aromatic heterocycles. The summed E-state index contributed by atoms with van der Waals surface area (Å²) >= 11 is 0. The van der Waals surface area contributed by atoms with Gasteiger partial charge in [-0.1, -0.05) is 31.2 Å². The van der Waals surface area contributed by atoms with Crippen molar-refractivity contribution >= 4 is 5.82 Å². The van der Waals surface area contributed by atoms with Crippen molar-refractivity contribution in [2.75, 3.05) is 5.73 Å². The van der Waals surface area contributed by atoms with Crippen molar-refractivity contribution in [1.82, 2.24) is 9.78 Å². The molecule has 3 heteroatoms. The van der Waals surface area contributed by atoms with Gasteiger partial charge < -0.3 is 5.73 Å². The third kappa shape index (κ3) is 1.80. The number of hydrogen-bond donors (Lipinski definition) is 1. The Balaban J connectivity index is 2.08. The maximum Gasteiger partial charge on any atom is 0.129 e. The van der Waals surface area contributed by atoms with Gasteiger partial charge in [-0.3, -0.25) is 4.68 Å². The van der Waals surface area contributed by atoms with Crippen molar-refractivity contribution in [2.24, 2.45) is 7.05 Å². The van der Waals surface area contributed by atoms with Crippen LogP contribution in [0.25, 0.3) is 11.1 Å². The molecule has 3 rings (SSSR count). The summed E-state index contributed by atoms with van der Waals surface area (Å²) in [5.41, 5.74) is 11.0. The lowest BCUT2D eigenvalue weighted by Crippen LogP contribution is -1.98. The maximum absolute atomic E-state index is 6.17. The molecule has 0 aliphatic heterocycles. The van der Waals surface area contributed by atoms with Gasteiger partial charge in [0.15, 0.2) is 0 Å². The van der Waals surface area contributed by atoms with Crippen LogP contribution >= 0.6 is 0 Å². The summed E-state index contributed by atoms with van der Waals surface area (Å²) in [6.07, 6.45) is 3.56. The predicted molar refractivity (Wildman–Crippen MR) is 74.4 cm³/mol. The third-order valence-electron chi connectivity index (χ3n) is 3.73. The largest absolute Gasteiger partial charge is 0.383 e. The van der Waals surface area contributed by atoms with Gasteiger partial charge >= 0.3 is 0 Å². The fraction of sp³-hybridized carbons (Fsp3) is 0.400. The average molecular weight is 241 g/mol. The van der Waals surface area contributed by atoms with E-state index in [4.69, 9.17) is 5.73 Å². The molecule has 18 heavy (non-hydrogen) atoms. The van der Waals surface area contributed by atoms with Crippen LogP contribution in [0.2, 0.25) is 0 Å². The summed E-state index contributed by atoms with van der Waals surface area (Å²) in [6, 6.07) is 8.69. The van der Waals surface area contributed by atoms with Gasteiger partial charge in [0.1, 0.15) is 5.82 Å². The minimum absolute atomic E-state index is 0.620. The van der Waals surface area contributed by atoms with Crippen molar-refractivity contribution in [1.29, 1.82) is 0 Å². The predicted octanol–water partition coefficient (Wildman–Crippen LogP) is 3.11. The number of nitrogens with two attached hydrogens (primary N) is 1. The van der Waals surface area contributed by atoms with Crippen molar-refractivity contribution in [3.63, 3.8) is 0 Å². The summed E-state index contributed by atoms with van der Waals surface area (Å²) in [5.74, 6) is 1.40. The van der Waals surface area contributed by atoms with Crippen LogP contribution in [0.3, 0.4) is 0 Å². The minimum Gasteiger partial charge on any atom is -0.383 e. The topological polar surface area (TPSA) is 43.8 Å². The number of nitrogen functional groups attached to an aromatic ring is 1. The summed E-state index contributed by atoms with van der Waals surface area (Å²) in [6.45, 7) is 2.17. The lowest BCUT2D eigenvalue weighted by atomic mass is 10.0. The zero-order valence-electron chi connectivity index (χ0n) is 11.0. The summed E-state index contributed by atoms with van der Waals surface area (Å²) in [5, 5.41) is 4.58. The van der Waals surface area contributed by atoms with Crippen molar-refractivity contribution < 1.29 is 0 Å². The molecule has 1 aromatic carbocycles. The highest BCUT2D eigenvalue weighted by molar-refractivity contribution is 5.77. The van der Waals surface area contributed by atoms with Crippen LogP contribution < -0.4 is 5.73 Å². The van der Waals surface area contributed by atoms with E-state index in [-0.39, 0.29) is 0 Å². The summed E-state index contributed by atoms with van der Waals surface area (Å²) in [7, 11) is 1.92. The Morgan fingerprint density at radius 3 is 2.50 bits per heavy atom. The molecular weight excluding hydrogens is 222 g/mol. The smallest absolute Gasteiger partial charge is 0.129 e. The van der Waals surface area contributed by atoms with Crippen LogP contribution in [0, 0.1) is 0 Å². The van der Waals surface area contributed by atoms with Gasteiger partial charge in [0, 0.05) is 18.5 Å². The Morgan fingerprint density at radius 1 is 1.28 bits per heavy atom. The quantitative estimate of drug-likeness (QED) is 0.897. The molecule has 0 radical (unpaired) electrons. The molecule has 1 heterocycles. The van der Waals surface area contributed by atoms with Gasteiger partial charge in [0.2, 0.25) is 0 Å². The molecule has 0 saturated heterocycles. The first-order valence-corrected chi connectivity index (χ1v) is 6.62.